The van der Waals surface area contributed by atoms with Crippen LogP contribution in [0.15, 0.2) is 6.20 Å². The Hall–Kier alpha value is -1.34. The summed E-state index contributed by atoms with van der Waals surface area (Å²) in [5.41, 5.74) is -3.75. The second kappa shape index (κ2) is 4.97. The number of ether oxygens (including phenoxy) is 1. The maximum Gasteiger partial charge on any atom is 0.573 e. The van der Waals surface area contributed by atoms with Gasteiger partial charge in [-0.15, -0.1) is 13.2 Å². The number of pyridine rings is 1. The largest absolute Gasteiger partial charge is 0.573 e. The summed E-state index contributed by atoms with van der Waals surface area (Å²) < 4.78 is 76.1. The Labute approximate surface area is 113 Å². The minimum atomic E-state index is -5.38. The summed E-state index contributed by atoms with van der Waals surface area (Å²) in [7, 11) is 0. The molecule has 1 heterocycles. The second-order valence-corrected chi connectivity index (χ2v) is 3.96. The molecule has 0 saturated heterocycles. The van der Waals surface area contributed by atoms with Gasteiger partial charge in [0.2, 0.25) is 5.75 Å². The van der Waals surface area contributed by atoms with E-state index in [4.69, 9.17) is 0 Å². The zero-order valence-corrected chi connectivity index (χ0v) is 10.5. The third-order valence-corrected chi connectivity index (χ3v) is 2.44. The smallest absolute Gasteiger partial charge is 0.396 e. The Bertz CT molecular complexity index is 515. The van der Waals surface area contributed by atoms with Crippen LogP contribution in [0, 0.1) is 13.8 Å². The molecule has 19 heavy (non-hydrogen) atoms. The normalized spacial score (nSPS) is 12.4. The van der Waals surface area contributed by atoms with Gasteiger partial charge in [0.25, 0.3) is 0 Å². The molecule has 0 saturated carbocycles. The van der Waals surface area contributed by atoms with E-state index in [-0.39, 0.29) is 6.20 Å². The minimum absolute atomic E-state index is 0.0726. The summed E-state index contributed by atoms with van der Waals surface area (Å²) in [5, 5.41) is 10.6. The van der Waals surface area contributed by atoms with Crippen molar-refractivity contribution in [2.45, 2.75) is 12.5 Å². The van der Waals surface area contributed by atoms with Crippen LogP contribution in [0.1, 0.15) is 5.56 Å². The molecule has 1 aromatic rings. The molecule has 1 rings (SSSR count). The average molecular weight is 402 g/mol. The molecule has 1 aromatic heterocycles. The fraction of sp³-hybridized carbons (Fsp3) is 0.286. The topological polar surface area (TPSA) is 65.3 Å². The molecule has 0 atom stereocenters. The van der Waals surface area contributed by atoms with E-state index in [1.165, 1.54) is 0 Å². The molecule has 0 aliphatic rings. The van der Waals surface area contributed by atoms with Crippen LogP contribution in [0.25, 0.3) is 0 Å². The maximum atomic E-state index is 12.5. The number of halogens is 7. The molecule has 0 aliphatic heterocycles. The first-order chi connectivity index (χ1) is 8.43. The molecule has 0 spiro atoms. The first-order valence-electron chi connectivity index (χ1n) is 4.09. The van der Waals surface area contributed by atoms with E-state index in [9.17, 15) is 36.5 Å². The molecule has 0 aliphatic carbocycles. The Balaban J connectivity index is 3.56. The lowest BCUT2D eigenvalue weighted by molar-refractivity contribution is -0.392. The molecule has 0 amide bonds. The molecular formula is C7HF6IN2O3. The van der Waals surface area contributed by atoms with Crippen molar-refractivity contribution in [2.24, 2.45) is 0 Å². The third kappa shape index (κ3) is 3.81. The Morgan fingerprint density at radius 3 is 2.16 bits per heavy atom. The summed E-state index contributed by atoms with van der Waals surface area (Å²) in [5.74, 6) is -1.59. The summed E-state index contributed by atoms with van der Waals surface area (Å²) in [6.07, 6.45) is -10.5. The second-order valence-electron chi connectivity index (χ2n) is 2.94. The van der Waals surface area contributed by atoms with Crippen LogP contribution in [0.3, 0.4) is 0 Å². The van der Waals surface area contributed by atoms with Crippen LogP contribution < -0.4 is 4.74 Å². The molecule has 0 fully saturated rings. The molecule has 106 valence electrons. The highest BCUT2D eigenvalue weighted by molar-refractivity contribution is 14.1. The highest BCUT2D eigenvalue weighted by atomic mass is 127. The fourth-order valence-corrected chi connectivity index (χ4v) is 1.56. The van der Waals surface area contributed by atoms with Crippen molar-refractivity contribution in [3.05, 3.63) is 25.6 Å². The van der Waals surface area contributed by atoms with Gasteiger partial charge in [-0.3, -0.25) is 10.1 Å². The van der Waals surface area contributed by atoms with Gasteiger partial charge < -0.3 is 4.74 Å². The Morgan fingerprint density at radius 1 is 1.26 bits per heavy atom. The number of nitrogens with zero attached hydrogens (tertiary/aromatic N) is 2. The van der Waals surface area contributed by atoms with Crippen LogP contribution in [-0.2, 0) is 6.18 Å². The van der Waals surface area contributed by atoms with Gasteiger partial charge in [-0.2, -0.15) is 13.2 Å². The van der Waals surface area contributed by atoms with Gasteiger partial charge in [-0.1, -0.05) is 0 Å². The molecule has 0 N–H and O–H groups in total. The van der Waals surface area contributed by atoms with Crippen LogP contribution in [0.2, 0.25) is 0 Å². The lowest BCUT2D eigenvalue weighted by atomic mass is 10.2. The van der Waals surface area contributed by atoms with Gasteiger partial charge in [0.1, 0.15) is 0 Å². The van der Waals surface area contributed by atoms with Crippen molar-refractivity contribution in [1.82, 2.24) is 4.98 Å². The van der Waals surface area contributed by atoms with Crippen LogP contribution >= 0.6 is 22.6 Å². The summed E-state index contributed by atoms with van der Waals surface area (Å²) in [6.45, 7) is 0. The quantitative estimate of drug-likeness (QED) is 0.250. The molecule has 0 unspecified atom stereocenters. The summed E-state index contributed by atoms with van der Waals surface area (Å²) >= 11 is 1.10. The van der Waals surface area contributed by atoms with E-state index in [0.29, 0.717) is 0 Å². The van der Waals surface area contributed by atoms with E-state index in [1.807, 2.05) is 0 Å². The molecule has 0 radical (unpaired) electrons. The minimum Gasteiger partial charge on any atom is -0.396 e. The van der Waals surface area contributed by atoms with Crippen molar-refractivity contribution < 1.29 is 36.0 Å². The standard InChI is InChI=1S/C7HF6IN2O3/c8-6(9,10)2-1-15-5(14)4(3(2)16(17)18)19-7(11,12)13/h1H. The van der Waals surface area contributed by atoms with Crippen molar-refractivity contribution >= 4 is 28.3 Å². The molecular weight excluding hydrogens is 401 g/mol. The number of nitro groups is 1. The van der Waals surface area contributed by atoms with Crippen molar-refractivity contribution in [3.63, 3.8) is 0 Å². The van der Waals surface area contributed by atoms with Gasteiger partial charge in [0, 0.05) is 6.20 Å². The monoisotopic (exact) mass is 402 g/mol. The lowest BCUT2D eigenvalue weighted by Crippen LogP contribution is -2.21. The number of alkyl halides is 6. The molecule has 5 nitrogen and oxygen atoms in total. The molecule has 12 heteroatoms. The van der Waals surface area contributed by atoms with Crippen LogP contribution in [-0.4, -0.2) is 16.3 Å². The van der Waals surface area contributed by atoms with E-state index < -0.39 is 38.2 Å². The van der Waals surface area contributed by atoms with E-state index >= 15 is 0 Å². The van der Waals surface area contributed by atoms with Gasteiger partial charge in [0.15, 0.2) is 9.26 Å². The van der Waals surface area contributed by atoms with Gasteiger partial charge in [-0.25, -0.2) is 4.98 Å². The summed E-state index contributed by atoms with van der Waals surface area (Å²) in [6, 6.07) is 0. The van der Waals surface area contributed by atoms with E-state index in [2.05, 4.69) is 9.72 Å². The SMILES string of the molecule is O=[N+]([O-])c1c(C(F)(F)F)cnc(I)c1OC(F)(F)F. The molecule has 0 bridgehead atoms. The Kier molecular flexibility index (Phi) is 4.11. The van der Waals surface area contributed by atoms with Crippen molar-refractivity contribution in [1.29, 1.82) is 0 Å². The number of hydrogen-bond donors (Lipinski definition) is 0. The van der Waals surface area contributed by atoms with Gasteiger partial charge in [0.05, 0.1) is 4.92 Å². The van der Waals surface area contributed by atoms with Gasteiger partial charge in [-0.05, 0) is 22.6 Å². The van der Waals surface area contributed by atoms with Crippen molar-refractivity contribution in [2.75, 3.05) is 0 Å². The summed E-state index contributed by atoms with van der Waals surface area (Å²) in [4.78, 5) is 12.0. The first kappa shape index (κ1) is 15.7. The zero-order chi connectivity index (χ0) is 15.0. The van der Waals surface area contributed by atoms with Gasteiger partial charge >= 0.3 is 18.2 Å². The number of aromatic nitrogens is 1. The fourth-order valence-electron chi connectivity index (χ4n) is 1.06. The van der Waals surface area contributed by atoms with E-state index in [0.717, 1.165) is 22.6 Å². The van der Waals surface area contributed by atoms with Crippen molar-refractivity contribution in [3.8, 4) is 5.75 Å². The number of hydrogen-bond acceptors (Lipinski definition) is 4. The predicted molar refractivity (Wildman–Crippen MR) is 55.3 cm³/mol. The van der Waals surface area contributed by atoms with Crippen LogP contribution in [0.4, 0.5) is 32.0 Å². The maximum absolute atomic E-state index is 12.5. The third-order valence-electron chi connectivity index (χ3n) is 1.67. The Morgan fingerprint density at radius 2 is 1.79 bits per heavy atom. The average Bonchev–Trinajstić information content (AvgIpc) is 2.16. The highest BCUT2D eigenvalue weighted by Gasteiger charge is 2.45. The molecule has 0 aromatic carbocycles. The predicted octanol–water partition coefficient (Wildman–Crippen LogP) is 3.51. The zero-order valence-electron chi connectivity index (χ0n) is 8.34. The highest BCUT2D eigenvalue weighted by Crippen LogP contribution is 2.43. The first-order valence-corrected chi connectivity index (χ1v) is 5.17. The van der Waals surface area contributed by atoms with E-state index in [1.54, 1.807) is 0 Å². The lowest BCUT2D eigenvalue weighted by Gasteiger charge is -2.13. The number of rotatable bonds is 2. The van der Waals surface area contributed by atoms with Crippen LogP contribution in [0.5, 0.6) is 5.75 Å².